The summed E-state index contributed by atoms with van der Waals surface area (Å²) in [5.41, 5.74) is 5.50. The van der Waals surface area contributed by atoms with Crippen molar-refractivity contribution < 1.29 is 4.79 Å². The Morgan fingerprint density at radius 2 is 1.94 bits per heavy atom. The Kier molecular flexibility index (Phi) is 4.05. The monoisotopic (exact) mass is 239 g/mol. The molecule has 98 valence electrons. The number of nitrogens with two attached hydrogens (primary N) is 1. The molecule has 2 saturated heterocycles. The average Bonchev–Trinajstić information content (AvgIpc) is 2.78. The quantitative estimate of drug-likeness (QED) is 0.793. The van der Waals surface area contributed by atoms with E-state index in [1.54, 1.807) is 0 Å². The van der Waals surface area contributed by atoms with E-state index in [2.05, 4.69) is 23.6 Å². The van der Waals surface area contributed by atoms with Crippen LogP contribution in [0.25, 0.3) is 0 Å². The molecule has 2 atom stereocenters. The number of hydrogen-bond donors (Lipinski definition) is 1. The van der Waals surface area contributed by atoms with E-state index in [0.29, 0.717) is 12.1 Å². The van der Waals surface area contributed by atoms with E-state index in [4.69, 9.17) is 5.73 Å². The van der Waals surface area contributed by atoms with Crippen LogP contribution in [0.15, 0.2) is 0 Å². The SMILES string of the molecule is CC(C)N1CCC[C@@H](N2CCCC2C(N)=O)C1. The van der Waals surface area contributed by atoms with Crippen LogP contribution in [-0.2, 0) is 4.79 Å². The molecule has 2 aliphatic heterocycles. The summed E-state index contributed by atoms with van der Waals surface area (Å²) in [6.07, 6.45) is 4.52. The molecule has 0 bridgehead atoms. The van der Waals surface area contributed by atoms with Crippen molar-refractivity contribution in [3.8, 4) is 0 Å². The molecule has 0 aliphatic carbocycles. The lowest BCUT2D eigenvalue weighted by molar-refractivity contribution is -0.123. The van der Waals surface area contributed by atoms with Crippen molar-refractivity contribution >= 4 is 5.91 Å². The highest BCUT2D eigenvalue weighted by molar-refractivity contribution is 5.80. The topological polar surface area (TPSA) is 49.6 Å². The van der Waals surface area contributed by atoms with Crippen LogP contribution in [0.5, 0.6) is 0 Å². The smallest absolute Gasteiger partial charge is 0.234 e. The van der Waals surface area contributed by atoms with E-state index in [-0.39, 0.29) is 11.9 Å². The highest BCUT2D eigenvalue weighted by Gasteiger charge is 2.36. The lowest BCUT2D eigenvalue weighted by atomic mass is 10.0. The van der Waals surface area contributed by atoms with E-state index in [9.17, 15) is 4.79 Å². The Hall–Kier alpha value is -0.610. The summed E-state index contributed by atoms with van der Waals surface area (Å²) < 4.78 is 0. The fourth-order valence-electron chi connectivity index (χ4n) is 3.25. The van der Waals surface area contributed by atoms with Crippen LogP contribution in [0.1, 0.15) is 39.5 Å². The molecule has 4 heteroatoms. The second-order valence-electron chi connectivity index (χ2n) is 5.68. The Morgan fingerprint density at radius 1 is 1.24 bits per heavy atom. The number of likely N-dealkylation sites (tertiary alicyclic amines) is 2. The molecule has 1 unspecified atom stereocenters. The van der Waals surface area contributed by atoms with Crippen LogP contribution < -0.4 is 5.73 Å². The highest BCUT2D eigenvalue weighted by atomic mass is 16.1. The molecule has 2 aliphatic rings. The first-order valence-electron chi connectivity index (χ1n) is 6.88. The third-order valence-corrected chi connectivity index (χ3v) is 4.25. The second kappa shape index (κ2) is 5.36. The van der Waals surface area contributed by atoms with Gasteiger partial charge < -0.3 is 5.73 Å². The minimum Gasteiger partial charge on any atom is -0.368 e. The van der Waals surface area contributed by atoms with Gasteiger partial charge in [0.1, 0.15) is 0 Å². The van der Waals surface area contributed by atoms with Crippen molar-refractivity contribution in [2.75, 3.05) is 19.6 Å². The fourth-order valence-corrected chi connectivity index (χ4v) is 3.25. The predicted molar refractivity (Wildman–Crippen MR) is 68.7 cm³/mol. The van der Waals surface area contributed by atoms with Crippen molar-refractivity contribution in [3.63, 3.8) is 0 Å². The maximum absolute atomic E-state index is 11.4. The molecule has 2 fully saturated rings. The molecule has 0 aromatic carbocycles. The molecule has 2 N–H and O–H groups in total. The zero-order valence-corrected chi connectivity index (χ0v) is 11.1. The van der Waals surface area contributed by atoms with Gasteiger partial charge >= 0.3 is 0 Å². The lowest BCUT2D eigenvalue weighted by Gasteiger charge is -2.41. The summed E-state index contributed by atoms with van der Waals surface area (Å²) in [4.78, 5) is 16.3. The largest absolute Gasteiger partial charge is 0.368 e. The van der Waals surface area contributed by atoms with Gasteiger partial charge in [-0.2, -0.15) is 0 Å². The number of primary amides is 1. The molecule has 17 heavy (non-hydrogen) atoms. The van der Waals surface area contributed by atoms with E-state index >= 15 is 0 Å². The number of hydrogen-bond acceptors (Lipinski definition) is 3. The van der Waals surface area contributed by atoms with E-state index in [0.717, 1.165) is 25.9 Å². The number of rotatable bonds is 3. The van der Waals surface area contributed by atoms with Gasteiger partial charge in [-0.25, -0.2) is 0 Å². The number of piperidine rings is 1. The predicted octanol–water partition coefficient (Wildman–Crippen LogP) is 0.809. The summed E-state index contributed by atoms with van der Waals surface area (Å²) in [7, 11) is 0. The maximum Gasteiger partial charge on any atom is 0.234 e. The maximum atomic E-state index is 11.4. The van der Waals surface area contributed by atoms with Gasteiger partial charge in [0.25, 0.3) is 0 Å². The molecule has 4 nitrogen and oxygen atoms in total. The van der Waals surface area contributed by atoms with Gasteiger partial charge in [-0.15, -0.1) is 0 Å². The van der Waals surface area contributed by atoms with Crippen molar-refractivity contribution in [3.05, 3.63) is 0 Å². The van der Waals surface area contributed by atoms with Crippen LogP contribution in [0, 0.1) is 0 Å². The molecule has 0 aromatic heterocycles. The third kappa shape index (κ3) is 2.80. The van der Waals surface area contributed by atoms with Gasteiger partial charge in [-0.05, 0) is 52.6 Å². The van der Waals surface area contributed by atoms with E-state index in [1.807, 2.05) is 0 Å². The molecule has 2 rings (SSSR count). The van der Waals surface area contributed by atoms with Gasteiger partial charge in [0, 0.05) is 18.6 Å². The van der Waals surface area contributed by atoms with Gasteiger partial charge in [-0.3, -0.25) is 14.6 Å². The summed E-state index contributed by atoms with van der Waals surface area (Å²) in [6.45, 7) is 7.84. The highest BCUT2D eigenvalue weighted by Crippen LogP contribution is 2.25. The van der Waals surface area contributed by atoms with Crippen LogP contribution >= 0.6 is 0 Å². The number of nitrogens with zero attached hydrogens (tertiary/aromatic N) is 2. The van der Waals surface area contributed by atoms with E-state index < -0.39 is 0 Å². The van der Waals surface area contributed by atoms with Gasteiger partial charge in [0.15, 0.2) is 0 Å². The Balaban J connectivity index is 1.99. The summed E-state index contributed by atoms with van der Waals surface area (Å²) in [5, 5.41) is 0. The van der Waals surface area contributed by atoms with Gasteiger partial charge in [0.2, 0.25) is 5.91 Å². The first-order valence-corrected chi connectivity index (χ1v) is 6.88. The number of carbonyl (C=O) groups excluding carboxylic acids is 1. The molecule has 1 amide bonds. The zero-order chi connectivity index (χ0) is 12.4. The molecule has 2 heterocycles. The zero-order valence-electron chi connectivity index (χ0n) is 11.1. The van der Waals surface area contributed by atoms with Gasteiger partial charge in [0.05, 0.1) is 6.04 Å². The summed E-state index contributed by atoms with van der Waals surface area (Å²) >= 11 is 0. The normalized spacial score (nSPS) is 32.2. The third-order valence-electron chi connectivity index (χ3n) is 4.25. The molecule has 0 spiro atoms. The average molecular weight is 239 g/mol. The molecular formula is C13H25N3O. The van der Waals surface area contributed by atoms with Crippen molar-refractivity contribution in [2.45, 2.75) is 57.7 Å². The van der Waals surface area contributed by atoms with Crippen LogP contribution in [0.2, 0.25) is 0 Å². The first kappa shape index (κ1) is 12.8. The summed E-state index contributed by atoms with van der Waals surface area (Å²) in [5.74, 6) is -0.135. The Bertz CT molecular complexity index is 280. The standard InChI is InChI=1S/C13H25N3O/c1-10(2)15-7-3-5-11(9-15)16-8-4-6-12(16)13(14)17/h10-12H,3-9H2,1-2H3,(H2,14,17)/t11-,12?/m1/s1. The lowest BCUT2D eigenvalue weighted by Crippen LogP contribution is -2.53. The minimum absolute atomic E-state index is 0.00730. The van der Waals surface area contributed by atoms with Crippen molar-refractivity contribution in [2.24, 2.45) is 5.73 Å². The van der Waals surface area contributed by atoms with E-state index in [1.165, 1.54) is 19.4 Å². The van der Waals surface area contributed by atoms with Crippen molar-refractivity contribution in [1.29, 1.82) is 0 Å². The number of carbonyl (C=O) groups is 1. The van der Waals surface area contributed by atoms with Gasteiger partial charge in [-0.1, -0.05) is 0 Å². The Morgan fingerprint density at radius 3 is 2.59 bits per heavy atom. The van der Waals surface area contributed by atoms with Crippen LogP contribution in [-0.4, -0.2) is 53.5 Å². The summed E-state index contributed by atoms with van der Waals surface area (Å²) in [6, 6.07) is 1.13. The first-order chi connectivity index (χ1) is 8.09. The second-order valence-corrected chi connectivity index (χ2v) is 5.68. The number of amides is 1. The fraction of sp³-hybridized carbons (Fsp3) is 0.923. The van der Waals surface area contributed by atoms with Crippen LogP contribution in [0.4, 0.5) is 0 Å². The minimum atomic E-state index is -0.135. The molecular weight excluding hydrogens is 214 g/mol. The Labute approximate surface area is 104 Å². The molecule has 0 radical (unpaired) electrons. The van der Waals surface area contributed by atoms with Crippen molar-refractivity contribution in [1.82, 2.24) is 9.80 Å². The van der Waals surface area contributed by atoms with Crippen LogP contribution in [0.3, 0.4) is 0 Å². The molecule has 0 aromatic rings. The molecule has 0 saturated carbocycles.